The molecule has 1 aliphatic carbocycles. The zero-order chi connectivity index (χ0) is 14.3. The lowest BCUT2D eigenvalue weighted by Gasteiger charge is -2.09. The Hall–Kier alpha value is -2.17. The number of ether oxygens (including phenoxy) is 2. The second-order valence-corrected chi connectivity index (χ2v) is 5.07. The quantitative estimate of drug-likeness (QED) is 0.908. The lowest BCUT2D eigenvalue weighted by molar-refractivity contribution is 0.0698. The van der Waals surface area contributed by atoms with Crippen molar-refractivity contribution in [2.45, 2.75) is 19.3 Å². The smallest absolute Gasteiger partial charge is 0.336 e. The number of furan rings is 1. The van der Waals surface area contributed by atoms with Crippen molar-refractivity contribution in [3.8, 4) is 11.5 Å². The molecule has 1 fully saturated rings. The van der Waals surface area contributed by atoms with Gasteiger partial charge in [-0.3, -0.25) is 0 Å². The number of rotatable bonds is 5. The van der Waals surface area contributed by atoms with Gasteiger partial charge in [-0.2, -0.15) is 0 Å². The Morgan fingerprint density at radius 1 is 1.35 bits per heavy atom. The number of benzene rings is 1. The van der Waals surface area contributed by atoms with Gasteiger partial charge in [-0.1, -0.05) is 0 Å². The summed E-state index contributed by atoms with van der Waals surface area (Å²) in [5.41, 5.74) is 0.614. The van der Waals surface area contributed by atoms with Crippen LogP contribution in [0.25, 0.3) is 11.0 Å². The third kappa shape index (κ3) is 2.09. The van der Waals surface area contributed by atoms with E-state index in [4.69, 9.17) is 13.9 Å². The molecule has 0 spiro atoms. The highest BCUT2D eigenvalue weighted by Crippen LogP contribution is 2.41. The van der Waals surface area contributed by atoms with Gasteiger partial charge in [0.2, 0.25) is 5.75 Å². The van der Waals surface area contributed by atoms with Gasteiger partial charge in [0.05, 0.1) is 19.8 Å². The summed E-state index contributed by atoms with van der Waals surface area (Å²) < 4.78 is 16.3. The van der Waals surface area contributed by atoms with Gasteiger partial charge in [0.1, 0.15) is 5.76 Å². The highest BCUT2D eigenvalue weighted by atomic mass is 16.5. The van der Waals surface area contributed by atoms with Crippen molar-refractivity contribution in [2.75, 3.05) is 14.2 Å². The molecule has 5 nitrogen and oxygen atoms in total. The summed E-state index contributed by atoms with van der Waals surface area (Å²) in [4.78, 5) is 11.4. The summed E-state index contributed by atoms with van der Waals surface area (Å²) in [5, 5.41) is 9.89. The van der Waals surface area contributed by atoms with E-state index in [0.29, 0.717) is 28.4 Å². The number of hydrogen-bond donors (Lipinski definition) is 1. The Balaban J connectivity index is 2.20. The molecule has 20 heavy (non-hydrogen) atoms. The molecule has 1 N–H and O–H groups in total. The van der Waals surface area contributed by atoms with E-state index in [1.54, 1.807) is 6.07 Å². The summed E-state index contributed by atoms with van der Waals surface area (Å²) in [6.45, 7) is 0. The average molecular weight is 276 g/mol. The van der Waals surface area contributed by atoms with Crippen LogP contribution < -0.4 is 9.47 Å². The first-order valence-electron chi connectivity index (χ1n) is 6.54. The molecule has 0 atom stereocenters. The zero-order valence-corrected chi connectivity index (χ0v) is 11.4. The Bertz CT molecular complexity index is 666. The minimum atomic E-state index is -1.00. The minimum absolute atomic E-state index is 0.170. The molecule has 5 heteroatoms. The van der Waals surface area contributed by atoms with E-state index in [2.05, 4.69) is 0 Å². The molecular weight excluding hydrogens is 260 g/mol. The minimum Gasteiger partial charge on any atom is -0.493 e. The molecular formula is C15H16O5. The number of aromatic carboxylic acids is 1. The largest absolute Gasteiger partial charge is 0.493 e. The van der Waals surface area contributed by atoms with E-state index < -0.39 is 5.97 Å². The number of carboxylic acid groups (broad SMARTS) is 1. The molecule has 2 aromatic rings. The molecule has 106 valence electrons. The van der Waals surface area contributed by atoms with Crippen molar-refractivity contribution in [3.05, 3.63) is 23.5 Å². The van der Waals surface area contributed by atoms with Gasteiger partial charge in [0.15, 0.2) is 11.3 Å². The number of carbonyl (C=O) groups is 1. The Morgan fingerprint density at radius 3 is 2.65 bits per heavy atom. The standard InChI is InChI=1S/C15H16O5/c1-18-12-7-11(15(16)17)10-6-9(5-8-3-4-8)20-13(10)14(12)19-2/h6-8H,3-5H2,1-2H3,(H,16,17). The van der Waals surface area contributed by atoms with E-state index >= 15 is 0 Å². The van der Waals surface area contributed by atoms with Crippen molar-refractivity contribution in [3.63, 3.8) is 0 Å². The number of fused-ring (bicyclic) bond motifs is 1. The van der Waals surface area contributed by atoms with Gasteiger partial charge in [0, 0.05) is 11.8 Å². The summed E-state index contributed by atoms with van der Waals surface area (Å²) in [7, 11) is 2.99. The summed E-state index contributed by atoms with van der Waals surface area (Å²) in [5.74, 6) is 1.27. The van der Waals surface area contributed by atoms with Crippen molar-refractivity contribution < 1.29 is 23.8 Å². The lowest BCUT2D eigenvalue weighted by Crippen LogP contribution is -1.99. The van der Waals surface area contributed by atoms with E-state index in [1.165, 1.54) is 33.1 Å². The van der Waals surface area contributed by atoms with Crippen LogP contribution in [0.2, 0.25) is 0 Å². The molecule has 1 aliphatic rings. The fourth-order valence-electron chi connectivity index (χ4n) is 2.43. The van der Waals surface area contributed by atoms with Crippen LogP contribution in [0.4, 0.5) is 0 Å². The topological polar surface area (TPSA) is 68.9 Å². The molecule has 3 rings (SSSR count). The van der Waals surface area contributed by atoms with Crippen LogP contribution in [0.3, 0.4) is 0 Å². The second-order valence-electron chi connectivity index (χ2n) is 5.07. The second kappa shape index (κ2) is 4.74. The molecule has 1 aromatic carbocycles. The molecule has 0 radical (unpaired) electrons. The fourth-order valence-corrected chi connectivity index (χ4v) is 2.43. The van der Waals surface area contributed by atoms with Crippen LogP contribution in [0, 0.1) is 5.92 Å². The van der Waals surface area contributed by atoms with Crippen LogP contribution >= 0.6 is 0 Å². The van der Waals surface area contributed by atoms with E-state index in [0.717, 1.165) is 12.2 Å². The Labute approximate surface area is 116 Å². The van der Waals surface area contributed by atoms with Crippen LogP contribution in [-0.4, -0.2) is 25.3 Å². The lowest BCUT2D eigenvalue weighted by atomic mass is 10.1. The van der Waals surface area contributed by atoms with Crippen LogP contribution in [0.5, 0.6) is 11.5 Å². The van der Waals surface area contributed by atoms with Gasteiger partial charge in [0.25, 0.3) is 0 Å². The van der Waals surface area contributed by atoms with Gasteiger partial charge in [-0.05, 0) is 30.9 Å². The van der Waals surface area contributed by atoms with Gasteiger partial charge in [-0.15, -0.1) is 0 Å². The van der Waals surface area contributed by atoms with E-state index in [-0.39, 0.29) is 5.56 Å². The predicted octanol–water partition coefficient (Wildman–Crippen LogP) is 3.10. The maximum Gasteiger partial charge on any atom is 0.336 e. The summed E-state index contributed by atoms with van der Waals surface area (Å²) in [6.07, 6.45) is 3.27. The van der Waals surface area contributed by atoms with Gasteiger partial charge in [-0.25, -0.2) is 4.79 Å². The normalized spacial score (nSPS) is 14.5. The molecule has 1 saturated carbocycles. The molecule has 1 aromatic heterocycles. The average Bonchev–Trinajstić information content (AvgIpc) is 3.13. The van der Waals surface area contributed by atoms with Crippen LogP contribution in [0.15, 0.2) is 16.5 Å². The third-order valence-corrected chi connectivity index (χ3v) is 3.62. The number of carboxylic acids is 1. The summed E-state index contributed by atoms with van der Waals surface area (Å²) in [6, 6.07) is 3.28. The molecule has 0 bridgehead atoms. The number of methoxy groups -OCH3 is 2. The summed E-state index contributed by atoms with van der Waals surface area (Å²) >= 11 is 0. The first kappa shape index (κ1) is 12.8. The first-order chi connectivity index (χ1) is 9.63. The van der Waals surface area contributed by atoms with Crippen molar-refractivity contribution in [1.82, 2.24) is 0 Å². The molecule has 1 heterocycles. The third-order valence-electron chi connectivity index (χ3n) is 3.62. The predicted molar refractivity (Wildman–Crippen MR) is 72.7 cm³/mol. The molecule has 0 saturated heterocycles. The fraction of sp³-hybridized carbons (Fsp3) is 0.400. The van der Waals surface area contributed by atoms with Crippen molar-refractivity contribution in [2.24, 2.45) is 5.92 Å². The maximum absolute atomic E-state index is 11.4. The highest BCUT2D eigenvalue weighted by Gasteiger charge is 2.26. The Kier molecular flexibility index (Phi) is 3.04. The van der Waals surface area contributed by atoms with Crippen molar-refractivity contribution >= 4 is 16.9 Å². The highest BCUT2D eigenvalue weighted by molar-refractivity contribution is 6.05. The maximum atomic E-state index is 11.4. The van der Waals surface area contributed by atoms with Crippen molar-refractivity contribution in [1.29, 1.82) is 0 Å². The molecule has 0 unspecified atom stereocenters. The van der Waals surface area contributed by atoms with E-state index in [1.807, 2.05) is 0 Å². The first-order valence-corrected chi connectivity index (χ1v) is 6.54. The van der Waals surface area contributed by atoms with Crippen LogP contribution in [0.1, 0.15) is 29.0 Å². The van der Waals surface area contributed by atoms with Gasteiger partial charge < -0.3 is 19.0 Å². The monoisotopic (exact) mass is 276 g/mol. The van der Waals surface area contributed by atoms with Gasteiger partial charge >= 0.3 is 5.97 Å². The molecule has 0 amide bonds. The SMILES string of the molecule is COc1cc(C(=O)O)c2cc(CC3CC3)oc2c1OC. The Morgan fingerprint density at radius 2 is 2.10 bits per heavy atom. The zero-order valence-electron chi connectivity index (χ0n) is 11.4. The van der Waals surface area contributed by atoms with Crippen LogP contribution in [-0.2, 0) is 6.42 Å². The number of hydrogen-bond acceptors (Lipinski definition) is 4. The molecule has 0 aliphatic heterocycles. The van der Waals surface area contributed by atoms with E-state index in [9.17, 15) is 9.90 Å².